The van der Waals surface area contributed by atoms with E-state index in [4.69, 9.17) is 12.2 Å². The number of thiocarbonyl (C=S) groups is 1. The van der Waals surface area contributed by atoms with Crippen LogP contribution in [0.2, 0.25) is 0 Å². The Labute approximate surface area is 113 Å². The zero-order chi connectivity index (χ0) is 13.5. The lowest BCUT2D eigenvalue weighted by Gasteiger charge is -2.13. The summed E-state index contributed by atoms with van der Waals surface area (Å²) in [6.45, 7) is 3.69. The first kappa shape index (κ1) is 14.9. The summed E-state index contributed by atoms with van der Waals surface area (Å²) in [6.07, 6.45) is 1.03. The van der Waals surface area contributed by atoms with E-state index in [1.807, 2.05) is 21.0 Å². The Balaban J connectivity index is 2.35. The van der Waals surface area contributed by atoms with Crippen LogP contribution in [0.25, 0.3) is 0 Å². The molecule has 1 aromatic rings. The highest BCUT2D eigenvalue weighted by Crippen LogP contribution is 2.15. The Morgan fingerprint density at radius 3 is 2.72 bits per heavy atom. The number of halogens is 1. The van der Waals surface area contributed by atoms with Gasteiger partial charge < -0.3 is 15.5 Å². The van der Waals surface area contributed by atoms with Crippen molar-refractivity contribution < 1.29 is 4.39 Å². The Morgan fingerprint density at radius 2 is 2.11 bits per heavy atom. The van der Waals surface area contributed by atoms with E-state index in [2.05, 4.69) is 15.5 Å². The molecule has 1 aromatic carbocycles. The first-order valence-corrected chi connectivity index (χ1v) is 6.35. The number of nitrogens with one attached hydrogen (secondary N) is 2. The van der Waals surface area contributed by atoms with E-state index < -0.39 is 0 Å². The van der Waals surface area contributed by atoms with E-state index >= 15 is 0 Å². The summed E-state index contributed by atoms with van der Waals surface area (Å²) in [5.41, 5.74) is 1.67. The minimum absolute atomic E-state index is 0.233. The molecule has 100 valence electrons. The van der Waals surface area contributed by atoms with Gasteiger partial charge in [0, 0.05) is 12.2 Å². The summed E-state index contributed by atoms with van der Waals surface area (Å²) in [5, 5.41) is 6.77. The van der Waals surface area contributed by atoms with E-state index in [1.165, 1.54) is 12.1 Å². The fraction of sp³-hybridized carbons (Fsp3) is 0.462. The van der Waals surface area contributed by atoms with Gasteiger partial charge in [0.15, 0.2) is 5.11 Å². The molecule has 0 amide bonds. The van der Waals surface area contributed by atoms with Crippen LogP contribution in [0, 0.1) is 12.7 Å². The smallest absolute Gasteiger partial charge is 0.170 e. The summed E-state index contributed by atoms with van der Waals surface area (Å²) in [6, 6.07) is 4.60. The summed E-state index contributed by atoms with van der Waals surface area (Å²) in [4.78, 5) is 2.13. The molecule has 0 aliphatic heterocycles. The SMILES string of the molecule is Cc1cc(F)ccc1NC(=S)NCCCN(C)C. The van der Waals surface area contributed by atoms with E-state index in [0.717, 1.165) is 30.8 Å². The first-order chi connectivity index (χ1) is 8.49. The zero-order valence-corrected chi connectivity index (χ0v) is 11.9. The van der Waals surface area contributed by atoms with Crippen molar-refractivity contribution in [2.24, 2.45) is 0 Å². The standard InChI is InChI=1S/C13H20FN3S/c1-10-9-11(14)5-6-12(10)16-13(18)15-7-4-8-17(2)3/h5-6,9H,4,7-8H2,1-3H3,(H2,15,16,18). The van der Waals surface area contributed by atoms with Crippen LogP contribution in [0.3, 0.4) is 0 Å². The average Bonchev–Trinajstić information content (AvgIpc) is 2.28. The second-order valence-electron chi connectivity index (χ2n) is 4.50. The zero-order valence-electron chi connectivity index (χ0n) is 11.1. The molecule has 0 unspecified atom stereocenters. The maximum atomic E-state index is 12.9. The van der Waals surface area contributed by atoms with Crippen LogP contribution in [0.4, 0.5) is 10.1 Å². The summed E-state index contributed by atoms with van der Waals surface area (Å²) >= 11 is 5.18. The monoisotopic (exact) mass is 269 g/mol. The topological polar surface area (TPSA) is 27.3 Å². The van der Waals surface area contributed by atoms with Gasteiger partial charge in [-0.1, -0.05) is 0 Å². The van der Waals surface area contributed by atoms with E-state index in [0.29, 0.717) is 5.11 Å². The molecule has 0 saturated heterocycles. The lowest BCUT2D eigenvalue weighted by Crippen LogP contribution is -2.31. The molecule has 0 fully saturated rings. The number of aryl methyl sites for hydroxylation is 1. The minimum atomic E-state index is -0.233. The minimum Gasteiger partial charge on any atom is -0.362 e. The Kier molecular flexibility index (Phi) is 6.01. The molecule has 0 heterocycles. The van der Waals surface area contributed by atoms with Gasteiger partial charge in [-0.2, -0.15) is 0 Å². The molecule has 0 saturated carbocycles. The lowest BCUT2D eigenvalue weighted by atomic mass is 10.2. The predicted molar refractivity (Wildman–Crippen MR) is 78.5 cm³/mol. The number of rotatable bonds is 5. The van der Waals surface area contributed by atoms with Crippen LogP contribution < -0.4 is 10.6 Å². The molecule has 0 bridgehead atoms. The molecule has 3 nitrogen and oxygen atoms in total. The van der Waals surface area contributed by atoms with Crippen molar-refractivity contribution in [1.29, 1.82) is 0 Å². The molecule has 1 rings (SSSR count). The Hall–Kier alpha value is -1.20. The number of benzene rings is 1. The molecule has 2 N–H and O–H groups in total. The van der Waals surface area contributed by atoms with Crippen LogP contribution in [0.1, 0.15) is 12.0 Å². The van der Waals surface area contributed by atoms with Crippen LogP contribution in [-0.2, 0) is 0 Å². The lowest BCUT2D eigenvalue weighted by molar-refractivity contribution is 0.400. The normalized spacial score (nSPS) is 10.5. The molecule has 18 heavy (non-hydrogen) atoms. The van der Waals surface area contributed by atoms with Gasteiger partial charge in [-0.25, -0.2) is 4.39 Å². The van der Waals surface area contributed by atoms with Crippen molar-refractivity contribution in [3.8, 4) is 0 Å². The summed E-state index contributed by atoms with van der Waals surface area (Å²) in [5.74, 6) is -0.233. The van der Waals surface area contributed by atoms with Crippen LogP contribution in [0.15, 0.2) is 18.2 Å². The number of anilines is 1. The molecule has 5 heteroatoms. The molecular formula is C13H20FN3S. The third-order valence-corrected chi connectivity index (χ3v) is 2.75. The summed E-state index contributed by atoms with van der Waals surface area (Å²) in [7, 11) is 4.08. The summed E-state index contributed by atoms with van der Waals surface area (Å²) < 4.78 is 12.9. The van der Waals surface area contributed by atoms with Gasteiger partial charge in [0.05, 0.1) is 0 Å². The van der Waals surface area contributed by atoms with Crippen molar-refractivity contribution in [2.45, 2.75) is 13.3 Å². The van der Waals surface area contributed by atoms with Gasteiger partial charge in [0.1, 0.15) is 5.82 Å². The number of nitrogens with zero attached hydrogens (tertiary/aromatic N) is 1. The van der Waals surface area contributed by atoms with Gasteiger partial charge in [-0.05, 0) is 70.0 Å². The van der Waals surface area contributed by atoms with Gasteiger partial charge >= 0.3 is 0 Å². The quantitative estimate of drug-likeness (QED) is 0.634. The molecule has 0 spiro atoms. The molecule has 0 aliphatic carbocycles. The fourth-order valence-electron chi connectivity index (χ4n) is 1.53. The molecular weight excluding hydrogens is 249 g/mol. The maximum Gasteiger partial charge on any atom is 0.170 e. The predicted octanol–water partition coefficient (Wildman–Crippen LogP) is 2.37. The third-order valence-electron chi connectivity index (χ3n) is 2.50. The largest absolute Gasteiger partial charge is 0.362 e. The van der Waals surface area contributed by atoms with Crippen molar-refractivity contribution in [1.82, 2.24) is 10.2 Å². The van der Waals surface area contributed by atoms with Gasteiger partial charge in [-0.15, -0.1) is 0 Å². The molecule has 0 aromatic heterocycles. The number of hydrogen-bond donors (Lipinski definition) is 2. The second kappa shape index (κ2) is 7.28. The highest BCUT2D eigenvalue weighted by Gasteiger charge is 2.02. The third kappa shape index (κ3) is 5.42. The van der Waals surface area contributed by atoms with Gasteiger partial charge in [0.25, 0.3) is 0 Å². The molecule has 0 aliphatic rings. The maximum absolute atomic E-state index is 12.9. The molecule has 0 atom stereocenters. The van der Waals surface area contributed by atoms with Crippen LogP contribution in [-0.4, -0.2) is 37.2 Å². The van der Waals surface area contributed by atoms with E-state index in [9.17, 15) is 4.39 Å². The highest BCUT2D eigenvalue weighted by molar-refractivity contribution is 7.80. The first-order valence-electron chi connectivity index (χ1n) is 5.95. The van der Waals surface area contributed by atoms with Gasteiger partial charge in [0.2, 0.25) is 0 Å². The number of hydrogen-bond acceptors (Lipinski definition) is 2. The van der Waals surface area contributed by atoms with Crippen molar-refractivity contribution in [2.75, 3.05) is 32.5 Å². The Bertz CT molecular complexity index is 407. The average molecular weight is 269 g/mol. The highest BCUT2D eigenvalue weighted by atomic mass is 32.1. The van der Waals surface area contributed by atoms with Crippen molar-refractivity contribution in [3.05, 3.63) is 29.6 Å². The van der Waals surface area contributed by atoms with Gasteiger partial charge in [-0.3, -0.25) is 0 Å². The Morgan fingerprint density at radius 1 is 1.39 bits per heavy atom. The van der Waals surface area contributed by atoms with Crippen LogP contribution >= 0.6 is 12.2 Å². The van der Waals surface area contributed by atoms with E-state index in [1.54, 1.807) is 6.07 Å². The van der Waals surface area contributed by atoms with Crippen LogP contribution in [0.5, 0.6) is 0 Å². The van der Waals surface area contributed by atoms with Crippen molar-refractivity contribution >= 4 is 23.0 Å². The second-order valence-corrected chi connectivity index (χ2v) is 4.91. The fourth-order valence-corrected chi connectivity index (χ4v) is 1.74. The molecule has 0 radical (unpaired) electrons. The van der Waals surface area contributed by atoms with Crippen molar-refractivity contribution in [3.63, 3.8) is 0 Å². The van der Waals surface area contributed by atoms with E-state index in [-0.39, 0.29) is 5.82 Å².